The van der Waals surface area contributed by atoms with Crippen LogP contribution in [0.25, 0.3) is 11.5 Å². The Labute approximate surface area is 137 Å². The van der Waals surface area contributed by atoms with Gasteiger partial charge in [-0.1, -0.05) is 30.0 Å². The van der Waals surface area contributed by atoms with Gasteiger partial charge in [-0.05, 0) is 24.6 Å². The van der Waals surface area contributed by atoms with Crippen molar-refractivity contribution in [2.24, 2.45) is 0 Å². The summed E-state index contributed by atoms with van der Waals surface area (Å²) < 4.78 is 3.93. The number of thioether (sulfide) groups is 1. The first-order chi connectivity index (χ1) is 11.3. The summed E-state index contributed by atoms with van der Waals surface area (Å²) >= 11 is 1.61. The minimum atomic E-state index is 0.712. The van der Waals surface area contributed by atoms with Gasteiger partial charge in [0.2, 0.25) is 5.78 Å². The molecule has 1 aromatic carbocycles. The van der Waals surface area contributed by atoms with Crippen molar-refractivity contribution >= 4 is 17.5 Å². The molecule has 6 nitrogen and oxygen atoms in total. The number of hydrogen-bond donors (Lipinski definition) is 0. The Kier molecular flexibility index (Phi) is 3.55. The Morgan fingerprint density at radius 1 is 1.17 bits per heavy atom. The van der Waals surface area contributed by atoms with Gasteiger partial charge in [-0.2, -0.15) is 0 Å². The number of para-hydroxylation sites is 1. The van der Waals surface area contributed by atoms with E-state index in [0.717, 1.165) is 16.5 Å². The average molecular weight is 322 g/mol. The quantitative estimate of drug-likeness (QED) is 0.541. The van der Waals surface area contributed by atoms with Crippen molar-refractivity contribution in [3.8, 4) is 5.69 Å². The van der Waals surface area contributed by atoms with E-state index in [9.17, 15) is 0 Å². The number of imidazole rings is 1. The Morgan fingerprint density at radius 2 is 2.09 bits per heavy atom. The first kappa shape index (κ1) is 14.0. The molecule has 0 aliphatic carbocycles. The van der Waals surface area contributed by atoms with Gasteiger partial charge in [0.25, 0.3) is 0 Å². The minimum absolute atomic E-state index is 0.712. The number of rotatable bonds is 4. The van der Waals surface area contributed by atoms with E-state index in [1.54, 1.807) is 24.3 Å². The van der Waals surface area contributed by atoms with Crippen LogP contribution in [0.2, 0.25) is 0 Å². The van der Waals surface area contributed by atoms with Crippen LogP contribution in [0, 0.1) is 6.92 Å². The van der Waals surface area contributed by atoms with Crippen LogP contribution in [0.1, 0.15) is 11.3 Å². The summed E-state index contributed by atoms with van der Waals surface area (Å²) in [5, 5.41) is 9.13. The largest absolute Gasteiger partial charge is 0.291 e. The maximum absolute atomic E-state index is 4.51. The smallest absolute Gasteiger partial charge is 0.233 e. The van der Waals surface area contributed by atoms with Gasteiger partial charge < -0.3 is 0 Å². The highest BCUT2D eigenvalue weighted by molar-refractivity contribution is 7.98. The van der Waals surface area contributed by atoms with Crippen molar-refractivity contribution in [1.29, 1.82) is 0 Å². The second-order valence-corrected chi connectivity index (χ2v) is 6.06. The molecule has 0 aliphatic rings. The maximum Gasteiger partial charge on any atom is 0.233 e. The molecule has 4 rings (SSSR count). The van der Waals surface area contributed by atoms with E-state index in [4.69, 9.17) is 0 Å². The second kappa shape index (κ2) is 5.85. The molecule has 0 aliphatic heterocycles. The lowest BCUT2D eigenvalue weighted by molar-refractivity contribution is 0.877. The van der Waals surface area contributed by atoms with E-state index in [2.05, 4.69) is 39.2 Å². The maximum atomic E-state index is 4.51. The van der Waals surface area contributed by atoms with Crippen LogP contribution in [0.15, 0.2) is 60.4 Å². The highest BCUT2D eigenvalue weighted by atomic mass is 32.2. The Balaban J connectivity index is 1.58. The van der Waals surface area contributed by atoms with Crippen molar-refractivity contribution in [3.63, 3.8) is 0 Å². The third kappa shape index (κ3) is 2.70. The highest BCUT2D eigenvalue weighted by Gasteiger charge is 2.10. The predicted molar refractivity (Wildman–Crippen MR) is 88.6 cm³/mol. The molecule has 0 fully saturated rings. The van der Waals surface area contributed by atoms with E-state index < -0.39 is 0 Å². The van der Waals surface area contributed by atoms with Crippen molar-refractivity contribution in [3.05, 3.63) is 66.5 Å². The molecule has 23 heavy (non-hydrogen) atoms. The van der Waals surface area contributed by atoms with Crippen LogP contribution < -0.4 is 0 Å². The second-order valence-electron chi connectivity index (χ2n) is 5.12. The molecule has 0 spiro atoms. The average Bonchev–Trinajstić information content (AvgIpc) is 3.19. The fourth-order valence-corrected chi connectivity index (χ4v) is 3.21. The zero-order valence-corrected chi connectivity index (χ0v) is 13.3. The van der Waals surface area contributed by atoms with Gasteiger partial charge in [0.05, 0.1) is 11.4 Å². The van der Waals surface area contributed by atoms with Gasteiger partial charge >= 0.3 is 0 Å². The molecule has 4 aromatic rings. The molecule has 0 radical (unpaired) electrons. The number of nitrogens with zero attached hydrogens (tertiary/aromatic N) is 6. The van der Waals surface area contributed by atoms with Gasteiger partial charge in [0.1, 0.15) is 6.33 Å². The topological polar surface area (TPSA) is 60.9 Å². The Morgan fingerprint density at radius 3 is 2.96 bits per heavy atom. The molecular formula is C16H14N6S. The summed E-state index contributed by atoms with van der Waals surface area (Å²) in [6, 6.07) is 10.1. The van der Waals surface area contributed by atoms with E-state index in [1.807, 2.05) is 39.6 Å². The van der Waals surface area contributed by atoms with Crippen molar-refractivity contribution in [2.45, 2.75) is 17.8 Å². The predicted octanol–water partition coefficient (Wildman–Crippen LogP) is 2.91. The molecule has 114 valence electrons. The first-order valence-electron chi connectivity index (χ1n) is 7.19. The third-order valence-corrected chi connectivity index (χ3v) is 4.50. The Hall–Kier alpha value is -2.67. The van der Waals surface area contributed by atoms with Crippen LogP contribution in [0.3, 0.4) is 0 Å². The molecule has 0 saturated carbocycles. The molecule has 0 amide bonds. The molecular weight excluding hydrogens is 308 g/mol. The van der Waals surface area contributed by atoms with E-state index in [0.29, 0.717) is 11.5 Å². The van der Waals surface area contributed by atoms with Gasteiger partial charge in [0.15, 0.2) is 5.16 Å². The number of aromatic nitrogens is 6. The molecule has 3 aromatic heterocycles. The number of hydrogen-bond acceptors (Lipinski definition) is 5. The van der Waals surface area contributed by atoms with Crippen LogP contribution in [0.5, 0.6) is 0 Å². The lowest BCUT2D eigenvalue weighted by Crippen LogP contribution is -1.97. The molecule has 0 bridgehead atoms. The molecule has 0 unspecified atom stereocenters. The fourth-order valence-electron chi connectivity index (χ4n) is 2.41. The molecule has 0 N–H and O–H groups in total. The van der Waals surface area contributed by atoms with E-state index in [1.165, 1.54) is 5.56 Å². The standard InChI is InChI=1S/C16H14N6S/c1-12-5-2-3-6-14(12)22-11-18-20-16(22)23-10-13-9-21-8-4-7-17-15(21)19-13/h2-9,11H,10H2,1H3. The summed E-state index contributed by atoms with van der Waals surface area (Å²) in [7, 11) is 0. The fraction of sp³-hybridized carbons (Fsp3) is 0.125. The number of fused-ring (bicyclic) bond motifs is 1. The van der Waals surface area contributed by atoms with Gasteiger partial charge in [-0.3, -0.25) is 8.97 Å². The SMILES string of the molecule is Cc1ccccc1-n1cnnc1SCc1cn2cccnc2n1. The third-order valence-electron chi connectivity index (χ3n) is 3.53. The van der Waals surface area contributed by atoms with Gasteiger partial charge in [-0.25, -0.2) is 9.97 Å². The monoisotopic (exact) mass is 322 g/mol. The lowest BCUT2D eigenvalue weighted by atomic mass is 10.2. The summed E-state index contributed by atoms with van der Waals surface area (Å²) in [5.41, 5.74) is 3.25. The molecule has 0 atom stereocenters. The lowest BCUT2D eigenvalue weighted by Gasteiger charge is -2.08. The van der Waals surface area contributed by atoms with Crippen LogP contribution in [-0.4, -0.2) is 29.1 Å². The summed E-state index contributed by atoms with van der Waals surface area (Å²) in [4.78, 5) is 8.74. The van der Waals surface area contributed by atoms with Gasteiger partial charge in [0, 0.05) is 24.3 Å². The van der Waals surface area contributed by atoms with E-state index in [-0.39, 0.29) is 0 Å². The summed E-state index contributed by atoms with van der Waals surface area (Å²) in [6.45, 7) is 2.08. The van der Waals surface area contributed by atoms with Crippen molar-refractivity contribution < 1.29 is 0 Å². The van der Waals surface area contributed by atoms with E-state index >= 15 is 0 Å². The minimum Gasteiger partial charge on any atom is -0.291 e. The normalized spacial score (nSPS) is 11.2. The zero-order valence-electron chi connectivity index (χ0n) is 12.5. The van der Waals surface area contributed by atoms with Crippen LogP contribution >= 0.6 is 11.8 Å². The number of aryl methyl sites for hydroxylation is 1. The molecule has 0 saturated heterocycles. The molecule has 7 heteroatoms. The zero-order chi connectivity index (χ0) is 15.6. The highest BCUT2D eigenvalue weighted by Crippen LogP contribution is 2.24. The van der Waals surface area contributed by atoms with Gasteiger partial charge in [-0.15, -0.1) is 10.2 Å². The van der Waals surface area contributed by atoms with Crippen LogP contribution in [-0.2, 0) is 5.75 Å². The Bertz CT molecular complexity index is 925. The summed E-state index contributed by atoms with van der Waals surface area (Å²) in [5.74, 6) is 1.43. The van der Waals surface area contributed by atoms with Crippen molar-refractivity contribution in [1.82, 2.24) is 29.1 Å². The van der Waals surface area contributed by atoms with Crippen molar-refractivity contribution in [2.75, 3.05) is 0 Å². The number of benzene rings is 1. The summed E-state index contributed by atoms with van der Waals surface area (Å²) in [6.07, 6.45) is 7.42. The first-order valence-corrected chi connectivity index (χ1v) is 8.17. The van der Waals surface area contributed by atoms with Crippen LogP contribution in [0.4, 0.5) is 0 Å². The molecule has 3 heterocycles.